The number of hydrogen-bond acceptors (Lipinski definition) is 32. The van der Waals surface area contributed by atoms with Crippen LogP contribution >= 0.6 is 0 Å². The van der Waals surface area contributed by atoms with Crippen LogP contribution in [0.1, 0.15) is 123 Å². The van der Waals surface area contributed by atoms with Gasteiger partial charge in [0.2, 0.25) is 22.7 Å². The highest BCUT2D eigenvalue weighted by atomic mass is 16.6. The molecule has 0 spiro atoms. The van der Waals surface area contributed by atoms with Crippen molar-refractivity contribution < 1.29 is 133 Å². The van der Waals surface area contributed by atoms with Gasteiger partial charge in [0.05, 0.1) is 77.4 Å². The number of aryl methyl sites for hydroxylation is 1. The zero-order chi connectivity index (χ0) is 104. The van der Waals surface area contributed by atoms with Crippen LogP contribution in [0.15, 0.2) is 193 Å². The van der Waals surface area contributed by atoms with Crippen LogP contribution in [-0.2, 0) is 75.9 Å². The molecule has 748 valence electrons. The molecule has 38 nitrogen and oxygen atoms in total. The number of methoxy groups -OCH3 is 6. The van der Waals surface area contributed by atoms with E-state index >= 15 is 0 Å². The van der Waals surface area contributed by atoms with Crippen molar-refractivity contribution in [2.75, 3.05) is 128 Å². The quantitative estimate of drug-likeness (QED) is 0.0101. The molecule has 38 heteroatoms. The molecule has 0 unspecified atom stereocenters. The lowest BCUT2D eigenvalue weighted by molar-refractivity contribution is -0.574. The molecule has 0 fully saturated rings. The first-order chi connectivity index (χ1) is 67.7. The molecule has 2 aliphatic rings. The number of ether oxygens (including phenoxy) is 16. The summed E-state index contributed by atoms with van der Waals surface area (Å²) in [6, 6.07) is 40.8. The number of hydrogen-bond donors (Lipinski definition) is 0. The summed E-state index contributed by atoms with van der Waals surface area (Å²) in [4.78, 5) is 216. The first kappa shape index (κ1) is 105. The van der Waals surface area contributed by atoms with Gasteiger partial charge in [0.1, 0.15) is 77.8 Å². The highest BCUT2D eigenvalue weighted by molar-refractivity contribution is 6.22. The van der Waals surface area contributed by atoms with Crippen LogP contribution in [0.5, 0.6) is 23.0 Å². The predicted octanol–water partition coefficient (Wildman–Crippen LogP) is 14.7. The Morgan fingerprint density at radius 3 is 1.05 bits per heavy atom. The van der Waals surface area contributed by atoms with Crippen molar-refractivity contribution in [3.05, 3.63) is 232 Å². The second-order valence-electron chi connectivity index (χ2n) is 37.3. The summed E-state index contributed by atoms with van der Waals surface area (Å²) in [5, 5.41) is -0.755. The Balaban J connectivity index is 0.000000257. The molecule has 143 heavy (non-hydrogen) atoms. The van der Waals surface area contributed by atoms with Gasteiger partial charge in [-0.2, -0.15) is 9.59 Å². The van der Waals surface area contributed by atoms with Crippen molar-refractivity contribution in [3.8, 4) is 23.0 Å². The van der Waals surface area contributed by atoms with Crippen LogP contribution < -0.4 is 70.6 Å². The minimum Gasteiger partial charge on any atom is -0.450 e. The van der Waals surface area contributed by atoms with E-state index in [4.69, 9.17) is 85.8 Å². The van der Waals surface area contributed by atoms with E-state index in [1.165, 1.54) is 161 Å². The lowest BCUT2D eigenvalue weighted by atomic mass is 9.98. The van der Waals surface area contributed by atoms with Crippen LogP contribution in [0.3, 0.4) is 0 Å². The van der Waals surface area contributed by atoms with Crippen molar-refractivity contribution in [2.24, 2.45) is 9.98 Å². The third-order valence-corrected chi connectivity index (χ3v) is 22.5. The summed E-state index contributed by atoms with van der Waals surface area (Å²) in [5.74, 6) is -5.02. The normalized spacial score (nSPS) is 12.4. The van der Waals surface area contributed by atoms with E-state index in [9.17, 15) is 67.1 Å². The SMILES string of the molecule is COCC(C)(C)OC(=O)N(C(=O)c1ccccc1)c1ccc2c(c1)Oc1c(N(C(C)=O)C(=O)OC(C)(C)COC)c3c(c(N(C(C)=O)C(=O)OC(C)(C)COC)c1=N2)Oc1cc(N(C(=O)OC(C)(C)COC)C(=O)c2ccccc2)c(C)cc1N=3.COCCOCC(C)(C)OC(=O)[n+]1c2ccc3c(=O)c4ccccc4c(=O)c3c2[n+](C(=O)OC(C)(C)COCCOC)c2ccc3c(=O)c4ccccc4c(=O)c3c21. The number of amides is 8. The minimum absolute atomic E-state index is 0.0239. The molecule has 1 aromatic heterocycles. The van der Waals surface area contributed by atoms with Crippen molar-refractivity contribution in [1.29, 1.82) is 0 Å². The summed E-state index contributed by atoms with van der Waals surface area (Å²) >= 11 is 0. The fourth-order valence-corrected chi connectivity index (χ4v) is 16.5. The number of anilines is 4. The van der Waals surface area contributed by atoms with Crippen LogP contribution in [0.4, 0.5) is 62.9 Å². The van der Waals surface area contributed by atoms with Crippen molar-refractivity contribution in [1.82, 2.24) is 0 Å². The van der Waals surface area contributed by atoms with Crippen LogP contribution in [-0.4, -0.2) is 203 Å². The van der Waals surface area contributed by atoms with Gasteiger partial charge in [0.25, 0.3) is 22.8 Å². The van der Waals surface area contributed by atoms with Crippen LogP contribution in [0, 0.1) is 6.92 Å². The zero-order valence-corrected chi connectivity index (χ0v) is 83.0. The third kappa shape index (κ3) is 22.3. The number of rotatable bonds is 30. The smallest absolute Gasteiger partial charge is 0.450 e. The van der Waals surface area contributed by atoms with E-state index in [1.807, 2.05) is 0 Å². The Morgan fingerprint density at radius 2 is 0.678 bits per heavy atom. The number of aromatic nitrogens is 2. The van der Waals surface area contributed by atoms with Gasteiger partial charge in [-0.05, 0) is 150 Å². The summed E-state index contributed by atoms with van der Waals surface area (Å²) in [5.41, 5.74) is -11.3. The van der Waals surface area contributed by atoms with E-state index in [1.54, 1.807) is 135 Å². The summed E-state index contributed by atoms with van der Waals surface area (Å²) in [7, 11) is 8.65. The van der Waals surface area contributed by atoms with Gasteiger partial charge in [0, 0.05) is 124 Å². The Hall–Kier alpha value is -15.2. The second kappa shape index (κ2) is 42.7. The van der Waals surface area contributed by atoms with Crippen LogP contribution in [0.2, 0.25) is 0 Å². The van der Waals surface area contributed by atoms with E-state index in [0.29, 0.717) is 23.0 Å². The molecule has 0 atom stereocenters. The first-order valence-corrected chi connectivity index (χ1v) is 45.2. The minimum atomic E-state index is -1.39. The van der Waals surface area contributed by atoms with Crippen molar-refractivity contribution in [3.63, 3.8) is 0 Å². The fourth-order valence-electron chi connectivity index (χ4n) is 16.5. The molecule has 0 N–H and O–H groups in total. The van der Waals surface area contributed by atoms with Gasteiger partial charge in [0.15, 0.2) is 33.9 Å². The maximum atomic E-state index is 14.9. The highest BCUT2D eigenvalue weighted by Crippen LogP contribution is 2.49. The second-order valence-corrected chi connectivity index (χ2v) is 37.3. The Bertz CT molecular complexity index is 7280. The van der Waals surface area contributed by atoms with Gasteiger partial charge in [-0.25, -0.2) is 48.8 Å². The van der Waals surface area contributed by atoms with E-state index in [2.05, 4.69) is 0 Å². The molecular weight excluding hydrogens is 1850 g/mol. The van der Waals surface area contributed by atoms with Crippen molar-refractivity contribution >= 4 is 159 Å². The number of fused-ring (bicyclic) bond motifs is 12. The monoisotopic (exact) mass is 1960 g/mol. The third-order valence-electron chi connectivity index (χ3n) is 22.5. The molecular formula is C105H110N8O30+2. The molecule has 11 aromatic carbocycles. The predicted molar refractivity (Wildman–Crippen MR) is 525 cm³/mol. The Morgan fingerprint density at radius 1 is 0.343 bits per heavy atom. The zero-order valence-electron chi connectivity index (χ0n) is 83.0. The molecule has 14 rings (SSSR count). The van der Waals surface area contributed by atoms with Crippen LogP contribution in [0.25, 0.3) is 65.2 Å². The number of imide groups is 4. The molecule has 12 aromatic rings. The Labute approximate surface area is 819 Å². The van der Waals surface area contributed by atoms with Gasteiger partial charge in [-0.1, -0.05) is 94.1 Å². The molecule has 0 radical (unpaired) electrons. The van der Waals surface area contributed by atoms with E-state index in [-0.39, 0.29) is 169 Å². The highest BCUT2D eigenvalue weighted by Gasteiger charge is 2.48. The van der Waals surface area contributed by atoms with Gasteiger partial charge in [-0.15, -0.1) is 0 Å². The lowest BCUT2D eigenvalue weighted by Gasteiger charge is -2.33. The standard InChI is InChI=1S/C61H68N6O18.C44H42N2O12/c1-35-28-42-45(30-43(35)67(53(71)39-24-20-17-21-25-39)57(75)85-61(10,11)34-79-15)81-51-47(63-42)49(65(37(3)69)55(73)83-59(6,7)32-77-13)50-46(48(51)64(36(2)68)54(72)82-58(4,5)31-76-12)62-41-27-26-40(29-44(41)80-50)66(52(70)38-22-18-16-19-23-38)56(74)84-60(8,9)33-78-14;1-43(2,23-55-21-19-53-5)57-41(51)45-31-17-15-30-34(40(50)28-14-10-8-12-26(28)38(30)48)36(31)46(42(52)58-44(3,4)24-56-22-20-54-6)32-18-16-29-33(35(32)45)39(49)27-13-9-7-11-25(27)37(29)47/h16-30H,31-34H2,1-15H3;7-18H,19-24H2,1-6H3/q;+2. The summed E-state index contributed by atoms with van der Waals surface area (Å²) in [6.45, 7) is 23.1. The topological polar surface area (TPSA) is 432 Å². The van der Waals surface area contributed by atoms with Gasteiger partial charge >= 0.3 is 47.6 Å². The molecule has 0 saturated heterocycles. The summed E-state index contributed by atoms with van der Waals surface area (Å²) < 4.78 is 94.3. The molecule has 0 aliphatic carbocycles. The van der Waals surface area contributed by atoms with Gasteiger partial charge in [-0.3, -0.25) is 38.4 Å². The lowest BCUT2D eigenvalue weighted by Crippen LogP contribution is -2.56. The molecule has 3 heterocycles. The van der Waals surface area contributed by atoms with E-state index in [0.717, 1.165) is 32.8 Å². The Kier molecular flexibility index (Phi) is 31.4. The largest absolute Gasteiger partial charge is 0.604 e. The number of carbonyl (C=O) groups excluding carboxylic acids is 10. The number of nitrogens with zero attached hydrogens (tertiary/aromatic N) is 8. The average Bonchev–Trinajstić information content (AvgIpc) is 0.673. The number of benzene rings is 11. The average molecular weight is 1960 g/mol. The number of carbonyl (C=O) groups is 10. The molecule has 2 aliphatic heterocycles. The molecule has 0 saturated carbocycles. The molecule has 8 amide bonds. The fraction of sp³-hybridized carbons (Fsp3) is 0.352. The van der Waals surface area contributed by atoms with Crippen molar-refractivity contribution in [2.45, 2.75) is 137 Å². The van der Waals surface area contributed by atoms with E-state index < -0.39 is 149 Å². The first-order valence-electron chi connectivity index (χ1n) is 45.2. The summed E-state index contributed by atoms with van der Waals surface area (Å²) in [6.07, 6.45) is -6.84. The maximum absolute atomic E-state index is 14.9. The van der Waals surface area contributed by atoms with Gasteiger partial charge < -0.3 is 75.8 Å². The molecule has 0 bridgehead atoms. The maximum Gasteiger partial charge on any atom is 0.604 e.